The van der Waals surface area contributed by atoms with Crippen molar-refractivity contribution in [2.45, 2.75) is 36.3 Å². The summed E-state index contributed by atoms with van der Waals surface area (Å²) in [6, 6.07) is 5.57. The van der Waals surface area contributed by atoms with Crippen LogP contribution in [0.25, 0.3) is 11.0 Å². The number of carbonyl (C=O) groups is 1. The zero-order valence-electron chi connectivity index (χ0n) is 23.3. The lowest BCUT2D eigenvalue weighted by Gasteiger charge is -2.19. The number of anilines is 1. The van der Waals surface area contributed by atoms with Gasteiger partial charge in [-0.15, -0.1) is 0 Å². The van der Waals surface area contributed by atoms with Gasteiger partial charge < -0.3 is 45.0 Å². The normalized spacial score (nSPS) is 20.8. The SMILES string of the molecule is Nc1ncnc2c1c(C#CCNC(=O)CCSSc1ccccn1)cn2C1CC(O)C(COP(=O)(O)OP(=O)(O)OP(=O)(O)O)O1. The second kappa shape index (κ2) is 15.7. The molecule has 8 N–H and O–H groups in total. The molecule has 1 fully saturated rings. The minimum atomic E-state index is -5.71. The van der Waals surface area contributed by atoms with Gasteiger partial charge in [-0.05, 0) is 22.9 Å². The number of nitrogen functional groups attached to an aromatic ring is 1. The van der Waals surface area contributed by atoms with Crippen LogP contribution in [0.4, 0.5) is 5.82 Å². The van der Waals surface area contributed by atoms with E-state index in [9.17, 15) is 33.4 Å². The zero-order valence-corrected chi connectivity index (χ0v) is 27.6. The third-order valence-corrected chi connectivity index (χ3v) is 11.8. The lowest BCUT2D eigenvalue weighted by molar-refractivity contribution is -0.120. The summed E-state index contributed by atoms with van der Waals surface area (Å²) < 4.78 is 53.6. The summed E-state index contributed by atoms with van der Waals surface area (Å²) in [5.41, 5.74) is 6.75. The zero-order chi connectivity index (χ0) is 33.5. The number of ether oxygens (including phenoxy) is 1. The van der Waals surface area contributed by atoms with Crippen LogP contribution in [0, 0.1) is 11.8 Å². The fraction of sp³-hybridized carbons (Fsp3) is 0.364. The standard InChI is InChI=1S/C22H27N6O13P3S2/c23-21-20-14(4-3-8-24-17(30)6-9-45-46-18-5-1-2-7-25-18)11-28(22(20)27-13-26-21)19-10-15(29)16(39-19)12-38-43(34,35)41-44(36,37)40-42(31,32)33/h1-2,5,7,11,13,15-16,19,29H,6,8-10,12H2,(H,24,30)(H,34,35)(H,36,37)(H2,23,26,27)(H2,31,32,33). The summed E-state index contributed by atoms with van der Waals surface area (Å²) >= 11 is 0. The van der Waals surface area contributed by atoms with Crippen molar-refractivity contribution < 1.29 is 61.1 Å². The number of hydrogen-bond donors (Lipinski definition) is 7. The minimum Gasteiger partial charge on any atom is -0.390 e. The summed E-state index contributed by atoms with van der Waals surface area (Å²) in [7, 11) is -13.7. The molecule has 3 aromatic rings. The van der Waals surface area contributed by atoms with Crippen LogP contribution in [0.2, 0.25) is 0 Å². The second-order valence-corrected chi connectivity index (χ2v) is 16.0. The largest absolute Gasteiger partial charge is 0.490 e. The maximum absolute atomic E-state index is 12.2. The molecule has 0 aliphatic carbocycles. The molecule has 0 spiro atoms. The monoisotopic (exact) mass is 740 g/mol. The number of carbonyl (C=O) groups excluding carboxylic acids is 1. The van der Waals surface area contributed by atoms with E-state index in [1.54, 1.807) is 6.20 Å². The third-order valence-electron chi connectivity index (χ3n) is 5.76. The van der Waals surface area contributed by atoms with Crippen LogP contribution >= 0.6 is 45.1 Å². The Bertz CT molecular complexity index is 1750. The fourth-order valence-corrected chi connectivity index (χ4v) is 8.83. The van der Waals surface area contributed by atoms with E-state index < -0.39 is 48.5 Å². The molecular weight excluding hydrogens is 713 g/mol. The predicted molar refractivity (Wildman–Crippen MR) is 163 cm³/mol. The number of rotatable bonds is 14. The first-order valence-corrected chi connectivity index (χ1v) is 19.7. The van der Waals surface area contributed by atoms with E-state index in [0.29, 0.717) is 16.7 Å². The molecule has 1 saturated heterocycles. The number of pyridine rings is 1. The van der Waals surface area contributed by atoms with Gasteiger partial charge in [0.15, 0.2) is 0 Å². The van der Waals surface area contributed by atoms with Crippen molar-refractivity contribution in [3.63, 3.8) is 0 Å². The Balaban J connectivity index is 1.35. The minimum absolute atomic E-state index is 0.0401. The molecule has 1 amide bonds. The van der Waals surface area contributed by atoms with E-state index in [-0.39, 0.29) is 36.8 Å². The molecule has 1 aliphatic rings. The van der Waals surface area contributed by atoms with Gasteiger partial charge in [-0.25, -0.2) is 28.6 Å². The number of phosphoric ester groups is 1. The Hall–Kier alpha value is -2.37. The molecule has 0 radical (unpaired) electrons. The number of aliphatic hydroxyl groups is 1. The molecule has 250 valence electrons. The van der Waals surface area contributed by atoms with Crippen LogP contribution < -0.4 is 11.1 Å². The lowest BCUT2D eigenvalue weighted by atomic mass is 10.2. The number of hydrogen-bond acceptors (Lipinski definition) is 15. The number of amides is 1. The van der Waals surface area contributed by atoms with Crippen molar-refractivity contribution in [3.8, 4) is 11.8 Å². The average molecular weight is 741 g/mol. The van der Waals surface area contributed by atoms with Gasteiger partial charge in [-0.2, -0.15) is 8.62 Å². The van der Waals surface area contributed by atoms with E-state index in [1.165, 1.54) is 38.7 Å². The van der Waals surface area contributed by atoms with Crippen molar-refractivity contribution in [3.05, 3.63) is 42.5 Å². The van der Waals surface area contributed by atoms with Gasteiger partial charge >= 0.3 is 23.5 Å². The van der Waals surface area contributed by atoms with E-state index >= 15 is 0 Å². The first-order valence-electron chi connectivity index (χ1n) is 12.8. The van der Waals surface area contributed by atoms with Gasteiger partial charge in [0, 0.05) is 31.0 Å². The Morgan fingerprint density at radius 1 is 1.15 bits per heavy atom. The topological polar surface area (TPSA) is 288 Å². The van der Waals surface area contributed by atoms with E-state index in [1.807, 2.05) is 18.2 Å². The van der Waals surface area contributed by atoms with Crippen molar-refractivity contribution in [1.29, 1.82) is 0 Å². The number of aliphatic hydroxyl groups excluding tert-OH is 1. The number of phosphoric acid groups is 3. The summed E-state index contributed by atoms with van der Waals surface area (Å²) in [5, 5.41) is 14.4. The molecule has 46 heavy (non-hydrogen) atoms. The molecule has 19 nitrogen and oxygen atoms in total. The van der Waals surface area contributed by atoms with Crippen molar-refractivity contribution >= 4 is 67.8 Å². The molecule has 0 bridgehead atoms. The van der Waals surface area contributed by atoms with Crippen molar-refractivity contribution in [2.75, 3.05) is 24.6 Å². The quantitative estimate of drug-likeness (QED) is 0.0535. The van der Waals surface area contributed by atoms with Gasteiger partial charge in [-0.3, -0.25) is 9.32 Å². The number of fused-ring (bicyclic) bond motifs is 1. The highest BCUT2D eigenvalue weighted by Gasteiger charge is 2.43. The molecule has 4 rings (SSSR count). The summed E-state index contributed by atoms with van der Waals surface area (Å²) in [6.07, 6.45) is 1.17. The van der Waals surface area contributed by atoms with Gasteiger partial charge in [0.1, 0.15) is 35.2 Å². The molecule has 5 unspecified atom stereocenters. The third kappa shape index (κ3) is 10.8. The van der Waals surface area contributed by atoms with Crippen LogP contribution in [0.15, 0.2) is 41.9 Å². The maximum atomic E-state index is 12.2. The second-order valence-electron chi connectivity index (χ2n) is 9.13. The number of nitrogens with zero attached hydrogens (tertiary/aromatic N) is 4. The highest BCUT2D eigenvalue weighted by atomic mass is 33.1. The predicted octanol–water partition coefficient (Wildman–Crippen LogP) is 1.70. The fourth-order valence-electron chi connectivity index (χ4n) is 3.93. The molecule has 24 heteroatoms. The van der Waals surface area contributed by atoms with Gasteiger partial charge in [0.2, 0.25) is 5.91 Å². The number of nitrogens with one attached hydrogen (secondary N) is 1. The van der Waals surface area contributed by atoms with Crippen LogP contribution in [0.5, 0.6) is 0 Å². The smallest absolute Gasteiger partial charge is 0.390 e. The first-order chi connectivity index (χ1) is 21.6. The van der Waals surface area contributed by atoms with Crippen LogP contribution in [-0.2, 0) is 36.4 Å². The Labute approximate surface area is 268 Å². The van der Waals surface area contributed by atoms with Crippen molar-refractivity contribution in [1.82, 2.24) is 24.8 Å². The molecule has 0 saturated carbocycles. The number of nitrogens with two attached hydrogens (primary N) is 1. The lowest BCUT2D eigenvalue weighted by Crippen LogP contribution is -2.26. The number of aromatic nitrogens is 4. The molecule has 4 heterocycles. The molecule has 1 aliphatic heterocycles. The van der Waals surface area contributed by atoms with Crippen LogP contribution in [0.3, 0.4) is 0 Å². The van der Waals surface area contributed by atoms with Crippen molar-refractivity contribution in [2.24, 2.45) is 0 Å². The van der Waals surface area contributed by atoms with Gasteiger partial charge in [0.05, 0.1) is 30.2 Å². The van der Waals surface area contributed by atoms with Crippen LogP contribution in [0.1, 0.15) is 24.6 Å². The molecule has 5 atom stereocenters. The van der Waals surface area contributed by atoms with E-state index in [2.05, 4.69) is 45.3 Å². The molecule has 3 aromatic heterocycles. The Kier molecular flexibility index (Phi) is 12.4. The van der Waals surface area contributed by atoms with Gasteiger partial charge in [-0.1, -0.05) is 28.7 Å². The summed E-state index contributed by atoms with van der Waals surface area (Å²) in [5.74, 6) is 6.23. The van der Waals surface area contributed by atoms with E-state index in [4.69, 9.17) is 20.3 Å². The van der Waals surface area contributed by atoms with Crippen LogP contribution in [-0.4, -0.2) is 81.2 Å². The van der Waals surface area contributed by atoms with Gasteiger partial charge in [0.25, 0.3) is 0 Å². The molecule has 0 aromatic carbocycles. The average Bonchev–Trinajstić information content (AvgIpc) is 3.51. The highest BCUT2D eigenvalue weighted by Crippen LogP contribution is 2.66. The Morgan fingerprint density at radius 3 is 2.65 bits per heavy atom. The first kappa shape index (κ1) is 36.5. The molecular formula is C22H27N6O13P3S2. The summed E-state index contributed by atoms with van der Waals surface area (Å²) in [4.78, 5) is 60.9. The maximum Gasteiger partial charge on any atom is 0.490 e. The highest BCUT2D eigenvalue weighted by molar-refractivity contribution is 8.76. The summed E-state index contributed by atoms with van der Waals surface area (Å²) in [6.45, 7) is -0.803. The van der Waals surface area contributed by atoms with E-state index in [0.717, 1.165) is 5.03 Å². The Morgan fingerprint density at radius 2 is 1.93 bits per heavy atom.